The van der Waals surface area contributed by atoms with Gasteiger partial charge in [0.2, 0.25) is 5.91 Å². The van der Waals surface area contributed by atoms with Crippen molar-refractivity contribution >= 4 is 23.3 Å². The Labute approximate surface area is 104 Å². The van der Waals surface area contributed by atoms with Crippen LogP contribution in [0.15, 0.2) is 18.2 Å². The molecule has 0 saturated heterocycles. The average molecular weight is 251 g/mol. The molecule has 2 N–H and O–H groups in total. The fraction of sp³-hybridized carbons (Fsp3) is 0.250. The number of carbonyl (C=O) groups is 3. The van der Waals surface area contributed by atoms with Crippen LogP contribution >= 0.6 is 0 Å². The Morgan fingerprint density at radius 2 is 2.00 bits per heavy atom. The third-order valence-corrected chi connectivity index (χ3v) is 2.14. The van der Waals surface area contributed by atoms with Gasteiger partial charge in [-0.05, 0) is 25.1 Å². The van der Waals surface area contributed by atoms with Crippen LogP contribution in [0, 0.1) is 0 Å². The summed E-state index contributed by atoms with van der Waals surface area (Å²) in [5, 5.41) is 11.4. The van der Waals surface area contributed by atoms with Gasteiger partial charge in [-0.25, -0.2) is 4.79 Å². The molecule has 1 aromatic carbocycles. The minimum absolute atomic E-state index is 0.0914. The van der Waals surface area contributed by atoms with Gasteiger partial charge in [-0.15, -0.1) is 0 Å². The summed E-state index contributed by atoms with van der Waals surface area (Å²) in [6, 6.07) is 4.24. The second-order valence-corrected chi connectivity index (χ2v) is 3.64. The number of carboxylic acid groups (broad SMARTS) is 1. The Morgan fingerprint density at radius 3 is 2.50 bits per heavy atom. The Hall–Kier alpha value is -2.37. The van der Waals surface area contributed by atoms with Crippen LogP contribution in [0.3, 0.4) is 0 Å². The molecule has 0 radical (unpaired) electrons. The number of hydrogen-bond donors (Lipinski definition) is 2. The highest BCUT2D eigenvalue weighted by atomic mass is 16.5. The first kappa shape index (κ1) is 13.7. The number of nitrogens with one attached hydrogen (secondary N) is 1. The van der Waals surface area contributed by atoms with E-state index in [4.69, 9.17) is 9.84 Å². The lowest BCUT2D eigenvalue weighted by atomic mass is 10.1. The highest BCUT2D eigenvalue weighted by molar-refractivity contribution is 6.06. The number of anilines is 1. The maximum Gasteiger partial charge on any atom is 0.337 e. The quantitative estimate of drug-likeness (QED) is 0.770. The Balaban J connectivity index is 2.98. The van der Waals surface area contributed by atoms with Crippen LogP contribution in [-0.4, -0.2) is 29.9 Å². The lowest BCUT2D eigenvalue weighted by Gasteiger charge is -2.09. The van der Waals surface area contributed by atoms with E-state index in [9.17, 15) is 14.4 Å². The number of Topliss-reactive ketones (excluding diaryl/α,β-unsaturated/α-hetero) is 1. The van der Waals surface area contributed by atoms with Gasteiger partial charge in [0.1, 0.15) is 11.5 Å². The van der Waals surface area contributed by atoms with Crippen molar-refractivity contribution in [2.24, 2.45) is 0 Å². The van der Waals surface area contributed by atoms with Crippen molar-refractivity contribution < 1.29 is 24.2 Å². The van der Waals surface area contributed by atoms with Crippen molar-refractivity contribution in [3.8, 4) is 5.75 Å². The largest absolute Gasteiger partial charge is 0.497 e. The predicted octanol–water partition coefficient (Wildman–Crippen LogP) is 1.31. The molecule has 0 heterocycles. The molecule has 0 spiro atoms. The smallest absolute Gasteiger partial charge is 0.337 e. The number of ketones is 1. The van der Waals surface area contributed by atoms with Crippen molar-refractivity contribution in [3.63, 3.8) is 0 Å². The zero-order valence-electron chi connectivity index (χ0n) is 10.0. The molecule has 6 nitrogen and oxygen atoms in total. The molecular formula is C12H13NO5. The first-order valence-corrected chi connectivity index (χ1v) is 5.14. The molecule has 18 heavy (non-hydrogen) atoms. The standard InChI is InChI=1S/C12H13NO5/c1-7(14)5-11(15)13-10-4-3-8(18-2)6-9(10)12(16)17/h3-4,6H,5H2,1-2H3,(H,13,15)(H,16,17). The molecule has 0 aliphatic rings. The van der Waals surface area contributed by atoms with Gasteiger partial charge < -0.3 is 15.2 Å². The number of rotatable bonds is 5. The fourth-order valence-corrected chi connectivity index (χ4v) is 1.36. The van der Waals surface area contributed by atoms with Gasteiger partial charge in [0, 0.05) is 0 Å². The summed E-state index contributed by atoms with van der Waals surface area (Å²) >= 11 is 0. The molecule has 0 bridgehead atoms. The number of amides is 1. The van der Waals surface area contributed by atoms with Crippen molar-refractivity contribution in [2.75, 3.05) is 12.4 Å². The van der Waals surface area contributed by atoms with Crippen LogP contribution in [-0.2, 0) is 9.59 Å². The van der Waals surface area contributed by atoms with Gasteiger partial charge in [-0.3, -0.25) is 9.59 Å². The van der Waals surface area contributed by atoms with E-state index in [0.717, 1.165) is 0 Å². The summed E-state index contributed by atoms with van der Waals surface area (Å²) in [6.07, 6.45) is -0.287. The van der Waals surface area contributed by atoms with Crippen LogP contribution in [0.1, 0.15) is 23.7 Å². The number of carboxylic acids is 1. The highest BCUT2D eigenvalue weighted by Gasteiger charge is 2.14. The summed E-state index contributed by atoms with van der Waals surface area (Å²) in [4.78, 5) is 33.2. The lowest BCUT2D eigenvalue weighted by molar-refractivity contribution is -0.124. The summed E-state index contributed by atoms with van der Waals surface area (Å²) in [6.45, 7) is 1.28. The van der Waals surface area contributed by atoms with Gasteiger partial charge in [0.25, 0.3) is 0 Å². The minimum atomic E-state index is -1.19. The van der Waals surface area contributed by atoms with E-state index in [1.807, 2.05) is 0 Å². The van der Waals surface area contributed by atoms with Crippen molar-refractivity contribution in [1.82, 2.24) is 0 Å². The molecule has 96 valence electrons. The first-order chi connectivity index (χ1) is 8.43. The van der Waals surface area contributed by atoms with Crippen molar-refractivity contribution in [1.29, 1.82) is 0 Å². The second-order valence-electron chi connectivity index (χ2n) is 3.64. The van der Waals surface area contributed by atoms with Crippen LogP contribution in [0.2, 0.25) is 0 Å². The Bertz CT molecular complexity index is 495. The summed E-state index contributed by atoms with van der Waals surface area (Å²) in [5.74, 6) is -1.66. The van der Waals surface area contributed by atoms with E-state index in [-0.39, 0.29) is 23.5 Å². The van der Waals surface area contributed by atoms with E-state index in [0.29, 0.717) is 5.75 Å². The van der Waals surface area contributed by atoms with E-state index >= 15 is 0 Å². The molecular weight excluding hydrogens is 238 g/mol. The topological polar surface area (TPSA) is 92.7 Å². The predicted molar refractivity (Wildman–Crippen MR) is 63.9 cm³/mol. The second kappa shape index (κ2) is 5.81. The molecule has 1 aromatic rings. The summed E-state index contributed by atoms with van der Waals surface area (Å²) < 4.78 is 4.90. The molecule has 0 aliphatic heterocycles. The van der Waals surface area contributed by atoms with Crippen LogP contribution in [0.5, 0.6) is 5.75 Å². The Kier molecular flexibility index (Phi) is 4.42. The van der Waals surface area contributed by atoms with E-state index in [1.165, 1.54) is 32.2 Å². The zero-order valence-corrected chi connectivity index (χ0v) is 10.0. The molecule has 6 heteroatoms. The van der Waals surface area contributed by atoms with Crippen molar-refractivity contribution in [3.05, 3.63) is 23.8 Å². The molecule has 0 saturated carbocycles. The lowest BCUT2D eigenvalue weighted by Crippen LogP contribution is -2.17. The number of carbonyl (C=O) groups excluding carboxylic acids is 2. The molecule has 0 unspecified atom stereocenters. The zero-order chi connectivity index (χ0) is 13.7. The Morgan fingerprint density at radius 1 is 1.33 bits per heavy atom. The van der Waals surface area contributed by atoms with Crippen LogP contribution in [0.25, 0.3) is 0 Å². The third-order valence-electron chi connectivity index (χ3n) is 2.14. The molecule has 0 aliphatic carbocycles. The number of ether oxygens (including phenoxy) is 1. The molecule has 1 rings (SSSR count). The number of aromatic carboxylic acids is 1. The van der Waals surface area contributed by atoms with Gasteiger partial charge in [-0.1, -0.05) is 0 Å². The van der Waals surface area contributed by atoms with E-state index < -0.39 is 11.9 Å². The maximum absolute atomic E-state index is 11.4. The van der Waals surface area contributed by atoms with Crippen molar-refractivity contribution in [2.45, 2.75) is 13.3 Å². The minimum Gasteiger partial charge on any atom is -0.497 e. The first-order valence-electron chi connectivity index (χ1n) is 5.14. The van der Waals surface area contributed by atoms with Gasteiger partial charge >= 0.3 is 5.97 Å². The SMILES string of the molecule is COc1ccc(NC(=O)CC(C)=O)c(C(=O)O)c1. The molecule has 1 amide bonds. The molecule has 0 atom stereocenters. The normalized spacial score (nSPS) is 9.67. The van der Waals surface area contributed by atoms with E-state index in [1.54, 1.807) is 0 Å². The highest BCUT2D eigenvalue weighted by Crippen LogP contribution is 2.22. The number of benzene rings is 1. The third kappa shape index (κ3) is 3.58. The maximum atomic E-state index is 11.4. The van der Waals surface area contributed by atoms with Gasteiger partial charge in [0.05, 0.1) is 24.8 Å². The summed E-state index contributed by atoms with van der Waals surface area (Å²) in [7, 11) is 1.41. The van der Waals surface area contributed by atoms with E-state index in [2.05, 4.69) is 5.32 Å². The molecule has 0 fully saturated rings. The number of hydrogen-bond acceptors (Lipinski definition) is 4. The fourth-order valence-electron chi connectivity index (χ4n) is 1.36. The monoisotopic (exact) mass is 251 g/mol. The van der Waals surface area contributed by atoms with Crippen LogP contribution < -0.4 is 10.1 Å². The average Bonchev–Trinajstić information content (AvgIpc) is 2.28. The van der Waals surface area contributed by atoms with Gasteiger partial charge in [0.15, 0.2) is 0 Å². The van der Waals surface area contributed by atoms with Gasteiger partial charge in [-0.2, -0.15) is 0 Å². The van der Waals surface area contributed by atoms with Crippen LogP contribution in [0.4, 0.5) is 5.69 Å². The number of methoxy groups -OCH3 is 1. The summed E-state index contributed by atoms with van der Waals surface area (Å²) in [5.41, 5.74) is 0.0424. The molecule has 0 aromatic heterocycles.